The first-order valence-electron chi connectivity index (χ1n) is 9.26. The topological polar surface area (TPSA) is 81.8 Å². The summed E-state index contributed by atoms with van der Waals surface area (Å²) < 4.78 is 0. The SMILES string of the molecule is CCN(CC(=O)NC(C)(C)C)CN1C(=O)N[C@]2(CCCC[C@H]2C)C1=O. The normalized spacial score (nSPS) is 27.1. The largest absolute Gasteiger partial charge is 0.350 e. The first kappa shape index (κ1) is 19.7. The minimum Gasteiger partial charge on any atom is -0.350 e. The molecule has 25 heavy (non-hydrogen) atoms. The third-order valence-corrected chi connectivity index (χ3v) is 5.17. The average molecular weight is 352 g/mol. The summed E-state index contributed by atoms with van der Waals surface area (Å²) in [5, 5.41) is 5.86. The van der Waals surface area contributed by atoms with E-state index in [4.69, 9.17) is 0 Å². The minimum absolute atomic E-state index is 0.109. The van der Waals surface area contributed by atoms with Crippen molar-refractivity contribution in [1.29, 1.82) is 0 Å². The number of carbonyl (C=O) groups excluding carboxylic acids is 3. The van der Waals surface area contributed by atoms with Crippen LogP contribution >= 0.6 is 0 Å². The summed E-state index contributed by atoms with van der Waals surface area (Å²) in [5.74, 6) is -0.108. The van der Waals surface area contributed by atoms with E-state index in [1.807, 2.05) is 39.5 Å². The molecule has 0 aromatic heterocycles. The first-order chi connectivity index (χ1) is 11.6. The number of nitrogens with one attached hydrogen (secondary N) is 2. The van der Waals surface area contributed by atoms with Gasteiger partial charge < -0.3 is 10.6 Å². The molecule has 2 aliphatic rings. The van der Waals surface area contributed by atoms with Crippen molar-refractivity contribution in [1.82, 2.24) is 20.4 Å². The molecule has 1 aliphatic carbocycles. The Kier molecular flexibility index (Phi) is 5.76. The highest BCUT2D eigenvalue weighted by Gasteiger charge is 2.55. The lowest BCUT2D eigenvalue weighted by Gasteiger charge is -2.37. The van der Waals surface area contributed by atoms with Gasteiger partial charge in [0.05, 0.1) is 13.2 Å². The van der Waals surface area contributed by atoms with Gasteiger partial charge in [-0.05, 0) is 46.1 Å². The first-order valence-corrected chi connectivity index (χ1v) is 9.26. The van der Waals surface area contributed by atoms with Crippen LogP contribution in [-0.4, -0.2) is 58.5 Å². The van der Waals surface area contributed by atoms with Gasteiger partial charge in [-0.25, -0.2) is 9.69 Å². The molecule has 2 atom stereocenters. The lowest BCUT2D eigenvalue weighted by molar-refractivity contribution is -0.136. The van der Waals surface area contributed by atoms with Crippen molar-refractivity contribution in [2.24, 2.45) is 5.92 Å². The second-order valence-electron chi connectivity index (χ2n) is 8.37. The molecular formula is C18H32N4O3. The standard InChI is InChI=1S/C18H32N4O3/c1-6-21(11-14(23)19-17(3,4)5)12-22-15(24)18(20-16(22)25)10-8-7-9-13(18)2/h13H,6-12H2,1-5H3,(H,19,23)(H,20,25)/t13-,18+/m1/s1. The van der Waals surface area contributed by atoms with Gasteiger partial charge in [0.15, 0.2) is 0 Å². The summed E-state index contributed by atoms with van der Waals surface area (Å²) >= 11 is 0. The highest BCUT2D eigenvalue weighted by molar-refractivity contribution is 6.07. The Morgan fingerprint density at radius 3 is 2.60 bits per heavy atom. The second kappa shape index (κ2) is 7.32. The molecule has 1 spiro atoms. The van der Waals surface area contributed by atoms with Gasteiger partial charge in [-0.1, -0.05) is 26.7 Å². The number of rotatable bonds is 5. The van der Waals surface area contributed by atoms with Crippen LogP contribution in [0.5, 0.6) is 0 Å². The molecule has 1 saturated heterocycles. The van der Waals surface area contributed by atoms with Crippen molar-refractivity contribution in [3.05, 3.63) is 0 Å². The quantitative estimate of drug-likeness (QED) is 0.738. The van der Waals surface area contributed by atoms with Gasteiger partial charge in [0.2, 0.25) is 5.91 Å². The number of amides is 4. The van der Waals surface area contributed by atoms with Crippen LogP contribution in [0.2, 0.25) is 0 Å². The number of imide groups is 1. The molecule has 0 bridgehead atoms. The summed E-state index contributed by atoms with van der Waals surface area (Å²) in [7, 11) is 0. The summed E-state index contributed by atoms with van der Waals surface area (Å²) in [6.45, 7) is 10.6. The van der Waals surface area contributed by atoms with E-state index in [1.54, 1.807) is 0 Å². The van der Waals surface area contributed by atoms with Gasteiger partial charge in [-0.15, -0.1) is 0 Å². The lowest BCUT2D eigenvalue weighted by Crippen LogP contribution is -2.54. The summed E-state index contributed by atoms with van der Waals surface area (Å²) in [6.07, 6.45) is 3.70. The van der Waals surface area contributed by atoms with Gasteiger partial charge >= 0.3 is 6.03 Å². The molecule has 0 aromatic carbocycles. The van der Waals surface area contributed by atoms with Gasteiger partial charge in [-0.3, -0.25) is 14.5 Å². The van der Waals surface area contributed by atoms with E-state index in [2.05, 4.69) is 10.6 Å². The Bertz CT molecular complexity index is 543. The van der Waals surface area contributed by atoms with E-state index in [0.717, 1.165) is 19.3 Å². The average Bonchev–Trinajstić information content (AvgIpc) is 2.72. The molecular weight excluding hydrogens is 320 g/mol. The fourth-order valence-corrected chi connectivity index (χ4v) is 3.75. The van der Waals surface area contributed by atoms with Crippen molar-refractivity contribution >= 4 is 17.8 Å². The van der Waals surface area contributed by atoms with Gasteiger partial charge in [0, 0.05) is 5.54 Å². The zero-order valence-corrected chi connectivity index (χ0v) is 16.1. The molecule has 0 radical (unpaired) electrons. The predicted octanol–water partition coefficient (Wildman–Crippen LogP) is 1.68. The highest BCUT2D eigenvalue weighted by atomic mass is 16.2. The Hall–Kier alpha value is -1.63. The lowest BCUT2D eigenvalue weighted by atomic mass is 9.73. The Labute approximate surface area is 150 Å². The van der Waals surface area contributed by atoms with Crippen LogP contribution in [0.25, 0.3) is 0 Å². The number of urea groups is 1. The number of hydrogen-bond donors (Lipinski definition) is 2. The Balaban J connectivity index is 2.04. The van der Waals surface area contributed by atoms with E-state index >= 15 is 0 Å². The van der Waals surface area contributed by atoms with E-state index in [1.165, 1.54) is 4.90 Å². The predicted molar refractivity (Wildman–Crippen MR) is 95.8 cm³/mol. The minimum atomic E-state index is -0.748. The summed E-state index contributed by atoms with van der Waals surface area (Å²) in [6, 6.07) is -0.339. The molecule has 4 amide bonds. The number of carbonyl (C=O) groups is 3. The maximum atomic E-state index is 13.0. The Morgan fingerprint density at radius 1 is 1.36 bits per heavy atom. The zero-order chi connectivity index (χ0) is 18.8. The van der Waals surface area contributed by atoms with Crippen LogP contribution in [0.15, 0.2) is 0 Å². The van der Waals surface area contributed by atoms with Crippen molar-refractivity contribution < 1.29 is 14.4 Å². The molecule has 1 aliphatic heterocycles. The zero-order valence-electron chi connectivity index (χ0n) is 16.1. The van der Waals surface area contributed by atoms with Gasteiger partial charge in [0.1, 0.15) is 5.54 Å². The number of nitrogens with zero attached hydrogens (tertiary/aromatic N) is 2. The van der Waals surface area contributed by atoms with Crippen molar-refractivity contribution in [3.8, 4) is 0 Å². The maximum absolute atomic E-state index is 13.0. The molecule has 142 valence electrons. The summed E-state index contributed by atoms with van der Waals surface area (Å²) in [4.78, 5) is 40.7. The van der Waals surface area contributed by atoms with Gasteiger partial charge in [0.25, 0.3) is 5.91 Å². The molecule has 2 N–H and O–H groups in total. The van der Waals surface area contributed by atoms with E-state index in [-0.39, 0.29) is 42.5 Å². The fourth-order valence-electron chi connectivity index (χ4n) is 3.75. The third kappa shape index (κ3) is 4.32. The van der Waals surface area contributed by atoms with Crippen LogP contribution in [0.1, 0.15) is 60.3 Å². The van der Waals surface area contributed by atoms with Crippen molar-refractivity contribution in [2.45, 2.75) is 71.4 Å². The van der Waals surface area contributed by atoms with Crippen LogP contribution in [-0.2, 0) is 9.59 Å². The van der Waals surface area contributed by atoms with E-state index in [0.29, 0.717) is 13.0 Å². The Morgan fingerprint density at radius 2 is 2.04 bits per heavy atom. The van der Waals surface area contributed by atoms with Crippen molar-refractivity contribution in [2.75, 3.05) is 19.8 Å². The molecule has 0 unspecified atom stereocenters. The summed E-state index contributed by atoms with van der Waals surface area (Å²) in [5.41, 5.74) is -1.05. The fraction of sp³-hybridized carbons (Fsp3) is 0.833. The van der Waals surface area contributed by atoms with E-state index in [9.17, 15) is 14.4 Å². The molecule has 7 nitrogen and oxygen atoms in total. The molecule has 1 saturated carbocycles. The monoisotopic (exact) mass is 352 g/mol. The highest BCUT2D eigenvalue weighted by Crippen LogP contribution is 2.38. The maximum Gasteiger partial charge on any atom is 0.326 e. The van der Waals surface area contributed by atoms with Crippen LogP contribution < -0.4 is 10.6 Å². The molecule has 0 aromatic rings. The van der Waals surface area contributed by atoms with E-state index < -0.39 is 5.54 Å². The molecule has 2 fully saturated rings. The smallest absolute Gasteiger partial charge is 0.326 e. The van der Waals surface area contributed by atoms with Crippen LogP contribution in [0.4, 0.5) is 4.79 Å². The molecule has 1 heterocycles. The van der Waals surface area contributed by atoms with Crippen LogP contribution in [0.3, 0.4) is 0 Å². The number of hydrogen-bond acceptors (Lipinski definition) is 4. The molecule has 2 rings (SSSR count). The van der Waals surface area contributed by atoms with Crippen LogP contribution in [0, 0.1) is 5.92 Å². The third-order valence-electron chi connectivity index (χ3n) is 5.17. The molecule has 7 heteroatoms. The number of likely N-dealkylation sites (N-methyl/N-ethyl adjacent to an activating group) is 1. The second-order valence-corrected chi connectivity index (χ2v) is 8.37. The van der Waals surface area contributed by atoms with Crippen molar-refractivity contribution in [3.63, 3.8) is 0 Å². The van der Waals surface area contributed by atoms with Gasteiger partial charge in [-0.2, -0.15) is 0 Å².